The lowest BCUT2D eigenvalue weighted by atomic mass is 10.1. The number of rotatable bonds is 6. The number of benzene rings is 2. The van der Waals surface area contributed by atoms with Crippen LogP contribution in [0.25, 0.3) is 0 Å². The molecule has 2 aromatic carbocycles. The molecule has 0 fully saturated rings. The summed E-state index contributed by atoms with van der Waals surface area (Å²) in [4.78, 5) is 12.3. The maximum absolute atomic E-state index is 12.3. The van der Waals surface area contributed by atoms with E-state index in [1.807, 2.05) is 26.0 Å². The molecule has 6 nitrogen and oxygen atoms in total. The Morgan fingerprint density at radius 1 is 1.16 bits per heavy atom. The number of primary sulfonamides is 1. The van der Waals surface area contributed by atoms with Gasteiger partial charge in [0.25, 0.3) is 5.91 Å². The van der Waals surface area contributed by atoms with E-state index in [-0.39, 0.29) is 16.9 Å². The number of ether oxygens (including phenoxy) is 1. The van der Waals surface area contributed by atoms with Crippen LogP contribution < -0.4 is 10.5 Å². The van der Waals surface area contributed by atoms with Gasteiger partial charge >= 0.3 is 0 Å². The van der Waals surface area contributed by atoms with Gasteiger partial charge in [-0.3, -0.25) is 4.79 Å². The molecule has 0 heterocycles. The highest BCUT2D eigenvalue weighted by atomic mass is 32.2. The maximum Gasteiger partial charge on any atom is 0.255 e. The third kappa shape index (κ3) is 5.38. The van der Waals surface area contributed by atoms with Crippen molar-refractivity contribution in [3.63, 3.8) is 0 Å². The van der Waals surface area contributed by atoms with Crippen molar-refractivity contribution >= 4 is 21.6 Å². The Hall–Kier alpha value is -2.22. The fourth-order valence-corrected chi connectivity index (χ4v) is 3.01. The van der Waals surface area contributed by atoms with Crippen molar-refractivity contribution in [2.45, 2.75) is 38.4 Å². The largest absolute Gasteiger partial charge is 0.374 e. The van der Waals surface area contributed by atoms with Crippen LogP contribution in [0.5, 0.6) is 0 Å². The van der Waals surface area contributed by atoms with Gasteiger partial charge in [0, 0.05) is 11.3 Å². The molecule has 0 saturated heterocycles. The molecule has 0 unspecified atom stereocenters. The minimum absolute atomic E-state index is 0.00789. The van der Waals surface area contributed by atoms with Crippen LogP contribution in [0.2, 0.25) is 0 Å². The Morgan fingerprint density at radius 2 is 1.80 bits per heavy atom. The number of hydrogen-bond donors (Lipinski definition) is 2. The molecule has 0 aliphatic carbocycles. The Morgan fingerprint density at radius 3 is 2.36 bits per heavy atom. The van der Waals surface area contributed by atoms with Gasteiger partial charge in [0.1, 0.15) is 0 Å². The molecule has 0 aromatic heterocycles. The summed E-state index contributed by atoms with van der Waals surface area (Å²) in [5.41, 5.74) is 2.32. The second-order valence-corrected chi connectivity index (χ2v) is 7.57. The maximum atomic E-state index is 12.3. The zero-order valence-electron chi connectivity index (χ0n) is 14.4. The standard InChI is InChI=1S/C18H22N2O4S/c1-12(2)24-11-14-5-7-15(8-6-14)18(21)20-16-9-4-13(3)17(10-16)25(19,22)23/h4-10,12H,11H2,1-3H3,(H,20,21)(H2,19,22,23). The molecule has 2 rings (SSSR count). The number of hydrogen-bond acceptors (Lipinski definition) is 4. The summed E-state index contributed by atoms with van der Waals surface area (Å²) in [6.07, 6.45) is 0.137. The van der Waals surface area contributed by atoms with Gasteiger partial charge in [-0.25, -0.2) is 13.6 Å². The topological polar surface area (TPSA) is 98.5 Å². The number of nitrogens with one attached hydrogen (secondary N) is 1. The third-order valence-electron chi connectivity index (χ3n) is 3.55. The molecule has 0 aliphatic heterocycles. The molecule has 1 amide bonds. The fourth-order valence-electron chi connectivity index (χ4n) is 2.20. The second kappa shape index (κ2) is 7.77. The predicted octanol–water partition coefficient (Wildman–Crippen LogP) is 2.82. The highest BCUT2D eigenvalue weighted by molar-refractivity contribution is 7.89. The molecule has 0 aliphatic rings. The average molecular weight is 362 g/mol. The van der Waals surface area contributed by atoms with E-state index in [4.69, 9.17) is 9.88 Å². The lowest BCUT2D eigenvalue weighted by Gasteiger charge is -2.10. The van der Waals surface area contributed by atoms with Crippen molar-refractivity contribution in [2.75, 3.05) is 5.32 Å². The molecule has 0 spiro atoms. The van der Waals surface area contributed by atoms with Crippen LogP contribution in [0.3, 0.4) is 0 Å². The van der Waals surface area contributed by atoms with E-state index in [1.165, 1.54) is 6.07 Å². The van der Waals surface area contributed by atoms with Crippen LogP contribution in [-0.4, -0.2) is 20.4 Å². The number of anilines is 1. The van der Waals surface area contributed by atoms with E-state index >= 15 is 0 Å². The van der Waals surface area contributed by atoms with E-state index in [9.17, 15) is 13.2 Å². The van der Waals surface area contributed by atoms with E-state index in [1.54, 1.807) is 31.2 Å². The van der Waals surface area contributed by atoms with Crippen LogP contribution in [0, 0.1) is 6.92 Å². The molecule has 134 valence electrons. The van der Waals surface area contributed by atoms with Crippen LogP contribution in [0.4, 0.5) is 5.69 Å². The summed E-state index contributed by atoms with van der Waals surface area (Å²) in [6, 6.07) is 11.6. The summed E-state index contributed by atoms with van der Waals surface area (Å²) in [5.74, 6) is -0.333. The first-order valence-corrected chi connectivity index (χ1v) is 9.37. The quantitative estimate of drug-likeness (QED) is 0.825. The zero-order chi connectivity index (χ0) is 18.6. The molecule has 3 N–H and O–H groups in total. The molecule has 2 aromatic rings. The molecule has 0 saturated carbocycles. The minimum Gasteiger partial charge on any atom is -0.374 e. The number of carbonyl (C=O) groups excluding carboxylic acids is 1. The molecule has 0 atom stereocenters. The normalized spacial score (nSPS) is 11.6. The third-order valence-corrected chi connectivity index (χ3v) is 4.60. The van der Waals surface area contributed by atoms with Crippen LogP contribution in [-0.2, 0) is 21.4 Å². The molecule has 25 heavy (non-hydrogen) atoms. The summed E-state index contributed by atoms with van der Waals surface area (Å²) in [6.45, 7) is 6.04. The fraction of sp³-hybridized carbons (Fsp3) is 0.278. The predicted molar refractivity (Wildman–Crippen MR) is 96.9 cm³/mol. The van der Waals surface area contributed by atoms with E-state index in [2.05, 4.69) is 5.32 Å². The van der Waals surface area contributed by atoms with Crippen molar-refractivity contribution in [3.05, 3.63) is 59.2 Å². The van der Waals surface area contributed by atoms with Gasteiger partial charge in [-0.2, -0.15) is 0 Å². The highest BCUT2D eigenvalue weighted by Crippen LogP contribution is 2.19. The second-order valence-electron chi connectivity index (χ2n) is 6.04. The summed E-state index contributed by atoms with van der Waals surface area (Å²) in [7, 11) is -3.84. The first kappa shape index (κ1) is 19.1. The number of aryl methyl sites for hydroxylation is 1. The van der Waals surface area contributed by atoms with Crippen LogP contribution in [0.15, 0.2) is 47.4 Å². The molecule has 7 heteroatoms. The number of sulfonamides is 1. The van der Waals surface area contributed by atoms with Gasteiger partial charge in [0.2, 0.25) is 10.0 Å². The summed E-state index contributed by atoms with van der Waals surface area (Å²) < 4.78 is 28.6. The Labute approximate surface area is 148 Å². The molecular formula is C18H22N2O4S. The summed E-state index contributed by atoms with van der Waals surface area (Å²) >= 11 is 0. The molecule has 0 radical (unpaired) electrons. The van der Waals surface area contributed by atoms with Crippen LogP contribution >= 0.6 is 0 Å². The van der Waals surface area contributed by atoms with Crippen molar-refractivity contribution in [2.24, 2.45) is 5.14 Å². The number of amides is 1. The van der Waals surface area contributed by atoms with E-state index in [0.717, 1.165) is 5.56 Å². The van der Waals surface area contributed by atoms with Gasteiger partial charge in [0.15, 0.2) is 0 Å². The van der Waals surface area contributed by atoms with Gasteiger partial charge in [-0.1, -0.05) is 18.2 Å². The van der Waals surface area contributed by atoms with Crippen LogP contribution in [0.1, 0.15) is 35.3 Å². The molecule has 0 bridgehead atoms. The first-order chi connectivity index (χ1) is 11.7. The zero-order valence-corrected chi connectivity index (χ0v) is 15.3. The van der Waals surface area contributed by atoms with Crippen molar-refractivity contribution in [1.29, 1.82) is 0 Å². The van der Waals surface area contributed by atoms with Crippen molar-refractivity contribution < 1.29 is 17.9 Å². The average Bonchev–Trinajstić information content (AvgIpc) is 2.54. The van der Waals surface area contributed by atoms with Crippen molar-refractivity contribution in [1.82, 2.24) is 0 Å². The lowest BCUT2D eigenvalue weighted by Crippen LogP contribution is -2.16. The smallest absolute Gasteiger partial charge is 0.255 e. The van der Waals surface area contributed by atoms with Gasteiger partial charge in [-0.15, -0.1) is 0 Å². The van der Waals surface area contributed by atoms with Gasteiger partial charge in [0.05, 0.1) is 17.6 Å². The Kier molecular flexibility index (Phi) is 5.94. The lowest BCUT2D eigenvalue weighted by molar-refractivity contribution is 0.0657. The van der Waals surface area contributed by atoms with Gasteiger partial charge < -0.3 is 10.1 Å². The number of nitrogens with two attached hydrogens (primary N) is 1. The monoisotopic (exact) mass is 362 g/mol. The first-order valence-electron chi connectivity index (χ1n) is 7.82. The summed E-state index contributed by atoms with van der Waals surface area (Å²) in [5, 5.41) is 7.86. The Balaban J connectivity index is 2.12. The minimum atomic E-state index is -3.84. The SMILES string of the molecule is Cc1ccc(NC(=O)c2ccc(COC(C)C)cc2)cc1S(N)(=O)=O. The van der Waals surface area contributed by atoms with Crippen molar-refractivity contribution in [3.8, 4) is 0 Å². The Bertz CT molecular complexity index is 859. The molecular weight excluding hydrogens is 340 g/mol. The van der Waals surface area contributed by atoms with Gasteiger partial charge in [-0.05, 0) is 56.2 Å². The number of carbonyl (C=O) groups is 1. The van der Waals surface area contributed by atoms with E-state index in [0.29, 0.717) is 23.4 Å². The highest BCUT2D eigenvalue weighted by Gasteiger charge is 2.13. The van der Waals surface area contributed by atoms with E-state index < -0.39 is 10.0 Å².